The van der Waals surface area contributed by atoms with E-state index < -0.39 is 0 Å². The van der Waals surface area contributed by atoms with Crippen molar-refractivity contribution in [2.24, 2.45) is 12.8 Å². The van der Waals surface area contributed by atoms with Crippen LogP contribution in [0.5, 0.6) is 0 Å². The van der Waals surface area contributed by atoms with E-state index in [-0.39, 0.29) is 0 Å². The van der Waals surface area contributed by atoms with Crippen LogP contribution in [0.1, 0.15) is 10.7 Å². The van der Waals surface area contributed by atoms with Crippen LogP contribution in [0.3, 0.4) is 0 Å². The molecule has 0 saturated heterocycles. The van der Waals surface area contributed by atoms with Crippen molar-refractivity contribution in [1.29, 1.82) is 0 Å². The highest BCUT2D eigenvalue weighted by Gasteiger charge is 2.16. The molecule has 0 aliphatic heterocycles. The molecule has 20 heavy (non-hydrogen) atoms. The van der Waals surface area contributed by atoms with Gasteiger partial charge in [-0.15, -0.1) is 11.3 Å². The third-order valence-corrected chi connectivity index (χ3v) is 4.19. The zero-order chi connectivity index (χ0) is 14.1. The molecule has 0 atom stereocenters. The second-order valence-corrected chi connectivity index (χ2v) is 5.56. The van der Waals surface area contributed by atoms with E-state index in [9.17, 15) is 0 Å². The number of rotatable bonds is 3. The van der Waals surface area contributed by atoms with Gasteiger partial charge in [0, 0.05) is 19.2 Å². The summed E-state index contributed by atoms with van der Waals surface area (Å²) in [5, 5.41) is 5.40. The molecule has 0 aliphatic carbocycles. The Hall–Kier alpha value is -2.05. The summed E-state index contributed by atoms with van der Waals surface area (Å²) in [5.41, 5.74) is 7.61. The van der Waals surface area contributed by atoms with E-state index in [1.165, 1.54) is 0 Å². The molecule has 5 nitrogen and oxygen atoms in total. The minimum Gasteiger partial charge on any atom is -0.325 e. The van der Waals surface area contributed by atoms with Gasteiger partial charge in [-0.05, 0) is 6.92 Å². The molecule has 0 unspecified atom stereocenters. The molecule has 3 rings (SSSR count). The molecule has 0 bridgehead atoms. The number of aryl methyl sites for hydroxylation is 2. The van der Waals surface area contributed by atoms with Gasteiger partial charge >= 0.3 is 0 Å². The van der Waals surface area contributed by atoms with Crippen molar-refractivity contribution in [3.8, 4) is 22.1 Å². The molecule has 0 fully saturated rings. The van der Waals surface area contributed by atoms with Crippen molar-refractivity contribution in [3.63, 3.8) is 0 Å². The Morgan fingerprint density at radius 2 is 1.95 bits per heavy atom. The quantitative estimate of drug-likeness (QED) is 0.802. The van der Waals surface area contributed by atoms with Crippen molar-refractivity contribution < 1.29 is 0 Å². The largest absolute Gasteiger partial charge is 0.325 e. The minimum atomic E-state index is 0.453. The Kier molecular flexibility index (Phi) is 3.33. The van der Waals surface area contributed by atoms with E-state index in [0.29, 0.717) is 6.54 Å². The Balaban J connectivity index is 2.07. The molecule has 2 aromatic heterocycles. The van der Waals surface area contributed by atoms with Crippen molar-refractivity contribution in [2.75, 3.05) is 0 Å². The molecule has 102 valence electrons. The lowest BCUT2D eigenvalue weighted by molar-refractivity contribution is 0.778. The first-order valence-corrected chi connectivity index (χ1v) is 7.14. The second-order valence-electron chi connectivity index (χ2n) is 4.47. The first-order chi connectivity index (χ1) is 9.69. The van der Waals surface area contributed by atoms with Crippen molar-refractivity contribution in [1.82, 2.24) is 19.7 Å². The van der Waals surface area contributed by atoms with Gasteiger partial charge in [0.1, 0.15) is 5.01 Å². The minimum absolute atomic E-state index is 0.453. The number of hydrogen-bond donors (Lipinski definition) is 1. The first kappa shape index (κ1) is 13.0. The molecule has 1 aromatic carbocycles. The standard InChI is InChI=1S/C14H15N5S/c1-9-12(20-11(8-15)16-9)14-17-13(18-19(14)2)10-6-4-3-5-7-10/h3-7H,8,15H2,1-2H3. The number of thiazole rings is 1. The van der Waals surface area contributed by atoms with Crippen molar-refractivity contribution in [2.45, 2.75) is 13.5 Å². The van der Waals surface area contributed by atoms with Gasteiger partial charge in [0.2, 0.25) is 0 Å². The van der Waals surface area contributed by atoms with Crippen LogP contribution in [0.15, 0.2) is 30.3 Å². The fourth-order valence-corrected chi connectivity index (χ4v) is 3.00. The second kappa shape index (κ2) is 5.15. The van der Waals surface area contributed by atoms with Gasteiger partial charge in [0.25, 0.3) is 0 Å². The van der Waals surface area contributed by atoms with Crippen LogP contribution < -0.4 is 5.73 Å². The summed E-state index contributed by atoms with van der Waals surface area (Å²) in [5.74, 6) is 1.56. The van der Waals surface area contributed by atoms with Crippen LogP contribution in [0.2, 0.25) is 0 Å². The maximum Gasteiger partial charge on any atom is 0.181 e. The Bertz CT molecular complexity index is 729. The van der Waals surface area contributed by atoms with Crippen LogP contribution in [0, 0.1) is 6.92 Å². The summed E-state index contributed by atoms with van der Waals surface area (Å²) in [4.78, 5) is 10.1. The lowest BCUT2D eigenvalue weighted by atomic mass is 10.2. The average Bonchev–Trinajstić information content (AvgIpc) is 3.02. The maximum absolute atomic E-state index is 5.65. The topological polar surface area (TPSA) is 69.6 Å². The maximum atomic E-state index is 5.65. The van der Waals surface area contributed by atoms with Gasteiger partial charge in [-0.25, -0.2) is 14.6 Å². The highest BCUT2D eigenvalue weighted by Crippen LogP contribution is 2.29. The predicted octanol–water partition coefficient (Wildman–Crippen LogP) is 2.37. The summed E-state index contributed by atoms with van der Waals surface area (Å²) in [7, 11) is 1.90. The van der Waals surface area contributed by atoms with Crippen molar-refractivity contribution in [3.05, 3.63) is 41.0 Å². The Morgan fingerprint density at radius 3 is 2.60 bits per heavy atom. The predicted molar refractivity (Wildman–Crippen MR) is 80.2 cm³/mol. The number of nitrogens with two attached hydrogens (primary N) is 1. The first-order valence-electron chi connectivity index (χ1n) is 6.32. The fourth-order valence-electron chi connectivity index (χ4n) is 2.04. The molecular formula is C14H15N5S. The molecule has 3 aromatic rings. The van der Waals surface area contributed by atoms with Crippen LogP contribution in [0.25, 0.3) is 22.1 Å². The van der Waals surface area contributed by atoms with E-state index in [4.69, 9.17) is 5.73 Å². The number of aromatic nitrogens is 4. The van der Waals surface area contributed by atoms with Gasteiger partial charge < -0.3 is 5.73 Å². The molecular weight excluding hydrogens is 270 g/mol. The molecule has 2 heterocycles. The SMILES string of the molecule is Cc1nc(CN)sc1-c1nc(-c2ccccc2)nn1C. The normalized spacial score (nSPS) is 10.9. The van der Waals surface area contributed by atoms with E-state index in [1.54, 1.807) is 16.0 Å². The summed E-state index contributed by atoms with van der Waals surface area (Å²) < 4.78 is 1.79. The molecule has 0 radical (unpaired) electrons. The van der Waals surface area contributed by atoms with Crippen LogP contribution in [0.4, 0.5) is 0 Å². The van der Waals surface area contributed by atoms with Crippen LogP contribution >= 0.6 is 11.3 Å². The summed E-state index contributed by atoms with van der Waals surface area (Å²) >= 11 is 1.58. The van der Waals surface area contributed by atoms with Crippen LogP contribution in [-0.4, -0.2) is 19.7 Å². The molecule has 0 aliphatic rings. The van der Waals surface area contributed by atoms with Gasteiger partial charge in [0.15, 0.2) is 11.6 Å². The van der Waals surface area contributed by atoms with E-state index in [1.807, 2.05) is 44.3 Å². The van der Waals surface area contributed by atoms with E-state index in [0.717, 1.165) is 32.8 Å². The average molecular weight is 285 g/mol. The summed E-state index contributed by atoms with van der Waals surface area (Å²) in [6.07, 6.45) is 0. The molecule has 6 heteroatoms. The Labute approximate surface area is 121 Å². The number of hydrogen-bond acceptors (Lipinski definition) is 5. The fraction of sp³-hybridized carbons (Fsp3) is 0.214. The lowest BCUT2D eigenvalue weighted by Gasteiger charge is -1.95. The highest BCUT2D eigenvalue weighted by molar-refractivity contribution is 7.15. The highest BCUT2D eigenvalue weighted by atomic mass is 32.1. The van der Waals surface area contributed by atoms with E-state index in [2.05, 4.69) is 15.1 Å². The lowest BCUT2D eigenvalue weighted by Crippen LogP contribution is -1.94. The summed E-state index contributed by atoms with van der Waals surface area (Å²) in [6, 6.07) is 9.95. The third-order valence-electron chi connectivity index (χ3n) is 3.01. The van der Waals surface area contributed by atoms with Gasteiger partial charge in [-0.3, -0.25) is 0 Å². The molecule has 0 spiro atoms. The number of benzene rings is 1. The number of nitrogens with zero attached hydrogens (tertiary/aromatic N) is 4. The zero-order valence-electron chi connectivity index (χ0n) is 11.4. The third kappa shape index (κ3) is 2.23. The van der Waals surface area contributed by atoms with Gasteiger partial charge in [0.05, 0.1) is 10.6 Å². The molecule has 2 N–H and O–H groups in total. The molecule has 0 amide bonds. The van der Waals surface area contributed by atoms with Crippen molar-refractivity contribution >= 4 is 11.3 Å². The summed E-state index contributed by atoms with van der Waals surface area (Å²) in [6.45, 7) is 2.43. The van der Waals surface area contributed by atoms with E-state index >= 15 is 0 Å². The smallest absolute Gasteiger partial charge is 0.181 e. The Morgan fingerprint density at radius 1 is 1.20 bits per heavy atom. The monoisotopic (exact) mass is 285 g/mol. The van der Waals surface area contributed by atoms with Gasteiger partial charge in [-0.1, -0.05) is 30.3 Å². The van der Waals surface area contributed by atoms with Crippen LogP contribution in [-0.2, 0) is 13.6 Å². The van der Waals surface area contributed by atoms with Gasteiger partial charge in [-0.2, -0.15) is 5.10 Å². The zero-order valence-corrected chi connectivity index (χ0v) is 12.2. The molecule has 0 saturated carbocycles.